The van der Waals surface area contributed by atoms with Crippen molar-refractivity contribution in [2.45, 2.75) is 19.4 Å². The average molecular weight is 183 g/mol. The number of amides is 1. The number of nitrogens with one attached hydrogen (secondary N) is 1. The van der Waals surface area contributed by atoms with Crippen molar-refractivity contribution in [2.24, 2.45) is 0 Å². The van der Waals surface area contributed by atoms with Crippen LogP contribution in [0.15, 0.2) is 23.0 Å². The van der Waals surface area contributed by atoms with Crippen molar-refractivity contribution >= 4 is 5.91 Å². The molecule has 1 heterocycles. The molecule has 0 aliphatic rings. The number of aliphatic hydroxyl groups excluding tert-OH is 1. The van der Waals surface area contributed by atoms with Gasteiger partial charge in [0.05, 0.1) is 18.6 Å². The van der Waals surface area contributed by atoms with Crippen molar-refractivity contribution in [3.63, 3.8) is 0 Å². The summed E-state index contributed by atoms with van der Waals surface area (Å²) in [4.78, 5) is 10.5. The van der Waals surface area contributed by atoms with E-state index in [0.717, 1.165) is 5.56 Å². The van der Waals surface area contributed by atoms with Crippen LogP contribution in [0.2, 0.25) is 0 Å². The van der Waals surface area contributed by atoms with Crippen molar-refractivity contribution in [3.05, 3.63) is 24.2 Å². The van der Waals surface area contributed by atoms with E-state index in [1.807, 2.05) is 0 Å². The first kappa shape index (κ1) is 9.80. The maximum absolute atomic E-state index is 10.5. The molecule has 2 N–H and O–H groups in total. The van der Waals surface area contributed by atoms with Crippen LogP contribution in [-0.4, -0.2) is 17.6 Å². The maximum atomic E-state index is 10.5. The fourth-order valence-corrected chi connectivity index (χ4v) is 1.02. The Morgan fingerprint density at radius 2 is 2.54 bits per heavy atom. The zero-order chi connectivity index (χ0) is 9.68. The lowest BCUT2D eigenvalue weighted by molar-refractivity contribution is -0.119. The number of aliphatic hydroxyl groups is 1. The molecule has 1 rings (SSSR count). The van der Waals surface area contributed by atoms with Crippen LogP contribution in [0, 0.1) is 0 Å². The van der Waals surface area contributed by atoms with Crippen molar-refractivity contribution in [1.29, 1.82) is 0 Å². The summed E-state index contributed by atoms with van der Waals surface area (Å²) in [6.07, 6.45) is 2.94. The van der Waals surface area contributed by atoms with Crippen LogP contribution < -0.4 is 5.32 Å². The normalized spacial score (nSPS) is 12.5. The fraction of sp³-hybridized carbons (Fsp3) is 0.444. The van der Waals surface area contributed by atoms with Gasteiger partial charge in [0.15, 0.2) is 0 Å². The van der Waals surface area contributed by atoms with Gasteiger partial charge in [-0.25, -0.2) is 0 Å². The largest absolute Gasteiger partial charge is 0.472 e. The van der Waals surface area contributed by atoms with E-state index in [9.17, 15) is 9.90 Å². The summed E-state index contributed by atoms with van der Waals surface area (Å²) in [5.74, 6) is -0.0839. The topological polar surface area (TPSA) is 62.5 Å². The Labute approximate surface area is 76.6 Å². The number of furan rings is 1. The van der Waals surface area contributed by atoms with Gasteiger partial charge < -0.3 is 14.8 Å². The Bertz CT molecular complexity index is 256. The molecule has 1 aromatic heterocycles. The van der Waals surface area contributed by atoms with E-state index in [1.165, 1.54) is 19.5 Å². The van der Waals surface area contributed by atoms with Gasteiger partial charge in [-0.15, -0.1) is 0 Å². The van der Waals surface area contributed by atoms with Crippen molar-refractivity contribution in [2.75, 3.05) is 6.54 Å². The lowest BCUT2D eigenvalue weighted by atomic mass is 10.1. The summed E-state index contributed by atoms with van der Waals surface area (Å²) in [7, 11) is 0. The summed E-state index contributed by atoms with van der Waals surface area (Å²) >= 11 is 0. The quantitative estimate of drug-likeness (QED) is 0.727. The Morgan fingerprint density at radius 1 is 1.77 bits per heavy atom. The first-order valence-electron chi connectivity index (χ1n) is 4.14. The molecule has 0 bridgehead atoms. The van der Waals surface area contributed by atoms with Gasteiger partial charge in [0.25, 0.3) is 0 Å². The molecule has 4 nitrogen and oxygen atoms in total. The van der Waals surface area contributed by atoms with Crippen LogP contribution in [0.3, 0.4) is 0 Å². The molecule has 1 amide bonds. The first-order valence-corrected chi connectivity index (χ1v) is 4.14. The fourth-order valence-electron chi connectivity index (χ4n) is 1.02. The Kier molecular flexibility index (Phi) is 3.52. The van der Waals surface area contributed by atoms with Crippen LogP contribution >= 0.6 is 0 Å². The Balaban J connectivity index is 2.26. The van der Waals surface area contributed by atoms with E-state index in [2.05, 4.69) is 5.32 Å². The molecule has 0 saturated heterocycles. The SMILES string of the molecule is CC(=O)NCCC(O)c1ccoc1. The van der Waals surface area contributed by atoms with Gasteiger partial charge in [-0.3, -0.25) is 4.79 Å². The summed E-state index contributed by atoms with van der Waals surface area (Å²) in [6.45, 7) is 1.92. The lowest BCUT2D eigenvalue weighted by Gasteiger charge is -2.07. The molecule has 1 aromatic rings. The zero-order valence-corrected chi connectivity index (χ0v) is 7.49. The molecule has 0 aliphatic carbocycles. The second-order valence-corrected chi connectivity index (χ2v) is 2.84. The molecule has 0 aromatic carbocycles. The number of rotatable bonds is 4. The van der Waals surface area contributed by atoms with Gasteiger partial charge in [0, 0.05) is 19.0 Å². The third-order valence-electron chi connectivity index (χ3n) is 1.72. The molecule has 13 heavy (non-hydrogen) atoms. The zero-order valence-electron chi connectivity index (χ0n) is 7.49. The van der Waals surface area contributed by atoms with Gasteiger partial charge in [0.2, 0.25) is 5.91 Å². The average Bonchev–Trinajstić information content (AvgIpc) is 2.55. The molecular formula is C9H13NO3. The minimum atomic E-state index is -0.564. The molecule has 0 aliphatic heterocycles. The predicted molar refractivity (Wildman–Crippen MR) is 47.0 cm³/mol. The van der Waals surface area contributed by atoms with E-state index < -0.39 is 6.10 Å². The Morgan fingerprint density at radius 3 is 3.08 bits per heavy atom. The van der Waals surface area contributed by atoms with E-state index in [-0.39, 0.29) is 5.91 Å². The summed E-state index contributed by atoms with van der Waals surface area (Å²) in [5, 5.41) is 12.1. The number of carbonyl (C=O) groups is 1. The Hall–Kier alpha value is -1.29. The van der Waals surface area contributed by atoms with E-state index >= 15 is 0 Å². The third-order valence-corrected chi connectivity index (χ3v) is 1.72. The van der Waals surface area contributed by atoms with E-state index in [1.54, 1.807) is 6.07 Å². The van der Waals surface area contributed by atoms with Crippen LogP contribution in [0.1, 0.15) is 25.0 Å². The first-order chi connectivity index (χ1) is 6.20. The van der Waals surface area contributed by atoms with Gasteiger partial charge in [0.1, 0.15) is 0 Å². The van der Waals surface area contributed by atoms with Crippen LogP contribution in [-0.2, 0) is 4.79 Å². The van der Waals surface area contributed by atoms with Gasteiger partial charge in [-0.05, 0) is 12.5 Å². The summed E-state index contributed by atoms with van der Waals surface area (Å²) in [6, 6.07) is 1.71. The number of carbonyl (C=O) groups excluding carboxylic acids is 1. The highest BCUT2D eigenvalue weighted by Crippen LogP contribution is 2.15. The molecule has 4 heteroatoms. The monoisotopic (exact) mass is 183 g/mol. The summed E-state index contributed by atoms with van der Waals surface area (Å²) in [5.41, 5.74) is 0.741. The highest BCUT2D eigenvalue weighted by Gasteiger charge is 2.07. The maximum Gasteiger partial charge on any atom is 0.216 e. The predicted octanol–water partition coefficient (Wildman–Crippen LogP) is 0.839. The van der Waals surface area contributed by atoms with Crippen molar-refractivity contribution in [3.8, 4) is 0 Å². The van der Waals surface area contributed by atoms with Gasteiger partial charge in [-0.2, -0.15) is 0 Å². The molecule has 1 unspecified atom stereocenters. The minimum Gasteiger partial charge on any atom is -0.472 e. The second kappa shape index (κ2) is 4.67. The highest BCUT2D eigenvalue weighted by atomic mass is 16.3. The third kappa shape index (κ3) is 3.29. The molecule has 1 atom stereocenters. The standard InChI is InChI=1S/C9H13NO3/c1-7(11)10-4-2-9(12)8-3-5-13-6-8/h3,5-6,9,12H,2,4H2,1H3,(H,10,11). The number of hydrogen-bond donors (Lipinski definition) is 2. The molecule has 0 saturated carbocycles. The smallest absolute Gasteiger partial charge is 0.216 e. The molecule has 0 fully saturated rings. The minimum absolute atomic E-state index is 0.0839. The van der Waals surface area contributed by atoms with Gasteiger partial charge >= 0.3 is 0 Å². The van der Waals surface area contributed by atoms with Crippen LogP contribution in [0.4, 0.5) is 0 Å². The molecule has 72 valence electrons. The van der Waals surface area contributed by atoms with Crippen molar-refractivity contribution in [1.82, 2.24) is 5.32 Å². The highest BCUT2D eigenvalue weighted by molar-refractivity contribution is 5.72. The second-order valence-electron chi connectivity index (χ2n) is 2.84. The number of hydrogen-bond acceptors (Lipinski definition) is 3. The van der Waals surface area contributed by atoms with Crippen LogP contribution in [0.5, 0.6) is 0 Å². The lowest BCUT2D eigenvalue weighted by Crippen LogP contribution is -2.22. The molecule has 0 spiro atoms. The molecule has 0 radical (unpaired) electrons. The van der Waals surface area contributed by atoms with Crippen molar-refractivity contribution < 1.29 is 14.3 Å². The van der Waals surface area contributed by atoms with Crippen LogP contribution in [0.25, 0.3) is 0 Å². The van der Waals surface area contributed by atoms with E-state index in [0.29, 0.717) is 13.0 Å². The van der Waals surface area contributed by atoms with E-state index in [4.69, 9.17) is 4.42 Å². The van der Waals surface area contributed by atoms with Gasteiger partial charge in [-0.1, -0.05) is 0 Å². The molecular weight excluding hydrogens is 170 g/mol. The summed E-state index contributed by atoms with van der Waals surface area (Å²) < 4.78 is 4.82.